The van der Waals surface area contributed by atoms with Gasteiger partial charge in [0.1, 0.15) is 0 Å². The van der Waals surface area contributed by atoms with Crippen molar-refractivity contribution in [2.45, 2.75) is 20.4 Å². The van der Waals surface area contributed by atoms with E-state index in [-0.39, 0.29) is 30.1 Å². The molecule has 1 aliphatic rings. The molecule has 1 aliphatic heterocycles. The van der Waals surface area contributed by atoms with Crippen LogP contribution in [0.25, 0.3) is 0 Å². The number of rotatable bonds is 7. The summed E-state index contributed by atoms with van der Waals surface area (Å²) in [6, 6.07) is 11.3. The first-order valence-electron chi connectivity index (χ1n) is 10.9. The number of nitrogens with one attached hydrogen (secondary N) is 1. The monoisotopic (exact) mass is 569 g/mol. The first kappa shape index (κ1) is 26.5. The van der Waals surface area contributed by atoms with E-state index >= 15 is 0 Å². The van der Waals surface area contributed by atoms with E-state index < -0.39 is 0 Å². The Kier molecular flexibility index (Phi) is 11.0. The van der Waals surface area contributed by atoms with Gasteiger partial charge in [-0.1, -0.05) is 18.2 Å². The highest BCUT2D eigenvalue weighted by Crippen LogP contribution is 2.30. The summed E-state index contributed by atoms with van der Waals surface area (Å²) in [6.45, 7) is 7.89. The van der Waals surface area contributed by atoms with Crippen molar-refractivity contribution in [3.8, 4) is 17.4 Å². The van der Waals surface area contributed by atoms with Crippen LogP contribution in [0.2, 0.25) is 0 Å². The van der Waals surface area contributed by atoms with Gasteiger partial charge in [0.2, 0.25) is 5.88 Å². The number of benzene rings is 1. The lowest BCUT2D eigenvalue weighted by Crippen LogP contribution is -2.53. The Morgan fingerprint density at radius 3 is 2.33 bits per heavy atom. The van der Waals surface area contributed by atoms with E-state index in [0.29, 0.717) is 63.3 Å². The van der Waals surface area contributed by atoms with Crippen LogP contribution >= 0.6 is 24.0 Å². The third-order valence-electron chi connectivity index (χ3n) is 4.93. The van der Waals surface area contributed by atoms with Crippen molar-refractivity contribution >= 4 is 36.0 Å². The van der Waals surface area contributed by atoms with E-state index in [0.717, 1.165) is 11.5 Å². The maximum Gasteiger partial charge on any atom is 0.409 e. The molecule has 180 valence electrons. The van der Waals surface area contributed by atoms with Crippen molar-refractivity contribution in [3.63, 3.8) is 0 Å². The summed E-state index contributed by atoms with van der Waals surface area (Å²) in [6.07, 6.45) is 1.52. The van der Waals surface area contributed by atoms with Gasteiger partial charge in [-0.15, -0.1) is 24.0 Å². The molecule has 1 aromatic carbocycles. The lowest BCUT2D eigenvalue weighted by atomic mass is 10.3. The van der Waals surface area contributed by atoms with Crippen LogP contribution in [0.1, 0.15) is 19.4 Å². The molecule has 3 rings (SSSR count). The second-order valence-electron chi connectivity index (χ2n) is 7.06. The highest BCUT2D eigenvalue weighted by Gasteiger charge is 2.23. The molecule has 2 aromatic rings. The number of hydrogen-bond donors (Lipinski definition) is 1. The number of aromatic nitrogens is 1. The SMILES string of the molecule is CCOC(=O)N1CCN(C(=NC)NCc2ccc(Oc3ccccc3OCC)nc2)CC1.I. The van der Waals surface area contributed by atoms with Crippen LogP contribution in [0.5, 0.6) is 17.4 Å². The van der Waals surface area contributed by atoms with Crippen LogP contribution in [-0.4, -0.2) is 73.3 Å². The molecule has 0 bridgehead atoms. The fourth-order valence-corrected chi connectivity index (χ4v) is 3.33. The zero-order valence-corrected chi connectivity index (χ0v) is 21.7. The van der Waals surface area contributed by atoms with Crippen LogP contribution < -0.4 is 14.8 Å². The molecular formula is C23H32IN5O4. The molecule has 0 spiro atoms. The predicted molar refractivity (Wildman–Crippen MR) is 138 cm³/mol. The van der Waals surface area contributed by atoms with Crippen LogP contribution in [0.3, 0.4) is 0 Å². The molecule has 1 fully saturated rings. The molecule has 9 nitrogen and oxygen atoms in total. The topological polar surface area (TPSA) is 88.5 Å². The van der Waals surface area contributed by atoms with Crippen molar-refractivity contribution in [1.82, 2.24) is 20.1 Å². The van der Waals surface area contributed by atoms with Gasteiger partial charge in [-0.2, -0.15) is 0 Å². The number of aliphatic imine (C=N–C) groups is 1. The van der Waals surface area contributed by atoms with Gasteiger partial charge in [-0.05, 0) is 31.5 Å². The quantitative estimate of drug-likeness (QED) is 0.309. The number of nitrogens with zero attached hydrogens (tertiary/aromatic N) is 4. The zero-order valence-electron chi connectivity index (χ0n) is 19.3. The minimum Gasteiger partial charge on any atom is -0.490 e. The number of amides is 1. The first-order valence-corrected chi connectivity index (χ1v) is 10.9. The van der Waals surface area contributed by atoms with Crippen LogP contribution in [-0.2, 0) is 11.3 Å². The van der Waals surface area contributed by atoms with Crippen molar-refractivity contribution in [1.29, 1.82) is 0 Å². The molecule has 0 saturated carbocycles. The van der Waals surface area contributed by atoms with Crippen molar-refractivity contribution in [2.75, 3.05) is 46.4 Å². The van der Waals surface area contributed by atoms with Gasteiger partial charge in [0.15, 0.2) is 17.5 Å². The number of ether oxygens (including phenoxy) is 3. The highest BCUT2D eigenvalue weighted by atomic mass is 127. The van der Waals surface area contributed by atoms with E-state index in [9.17, 15) is 4.79 Å². The third-order valence-corrected chi connectivity index (χ3v) is 4.93. The van der Waals surface area contributed by atoms with Gasteiger partial charge in [-0.3, -0.25) is 4.99 Å². The average molecular weight is 569 g/mol. The molecule has 10 heteroatoms. The van der Waals surface area contributed by atoms with Gasteiger partial charge in [0, 0.05) is 52.0 Å². The molecule has 33 heavy (non-hydrogen) atoms. The number of pyridine rings is 1. The molecule has 0 aliphatic carbocycles. The predicted octanol–water partition coefficient (Wildman–Crippen LogP) is 3.74. The maximum absolute atomic E-state index is 11.9. The van der Waals surface area contributed by atoms with E-state index in [4.69, 9.17) is 14.2 Å². The Balaban J connectivity index is 0.00000385. The van der Waals surface area contributed by atoms with E-state index in [1.165, 1.54) is 0 Å². The molecule has 0 atom stereocenters. The fourth-order valence-electron chi connectivity index (χ4n) is 3.33. The largest absolute Gasteiger partial charge is 0.490 e. The second kappa shape index (κ2) is 13.7. The molecule has 1 amide bonds. The van der Waals surface area contributed by atoms with E-state index in [2.05, 4.69) is 20.2 Å². The summed E-state index contributed by atoms with van der Waals surface area (Å²) in [4.78, 5) is 24.5. The van der Waals surface area contributed by atoms with Crippen LogP contribution in [0.4, 0.5) is 4.79 Å². The van der Waals surface area contributed by atoms with Crippen molar-refractivity contribution in [3.05, 3.63) is 48.2 Å². The lowest BCUT2D eigenvalue weighted by molar-refractivity contribution is 0.0914. The van der Waals surface area contributed by atoms with Gasteiger partial charge in [0.05, 0.1) is 13.2 Å². The summed E-state index contributed by atoms with van der Waals surface area (Å²) in [5.41, 5.74) is 1.00. The summed E-state index contributed by atoms with van der Waals surface area (Å²) >= 11 is 0. The molecular weight excluding hydrogens is 537 g/mol. The fraction of sp³-hybridized carbons (Fsp3) is 0.435. The summed E-state index contributed by atoms with van der Waals surface area (Å²) < 4.78 is 16.5. The molecule has 1 saturated heterocycles. The minimum atomic E-state index is -0.257. The summed E-state index contributed by atoms with van der Waals surface area (Å²) in [7, 11) is 1.76. The summed E-state index contributed by atoms with van der Waals surface area (Å²) in [5, 5.41) is 3.36. The lowest BCUT2D eigenvalue weighted by Gasteiger charge is -2.35. The normalized spacial score (nSPS) is 13.7. The van der Waals surface area contributed by atoms with E-state index in [1.54, 1.807) is 18.1 Å². The number of para-hydroxylation sites is 2. The number of carbonyl (C=O) groups excluding carboxylic acids is 1. The van der Waals surface area contributed by atoms with Crippen LogP contribution in [0.15, 0.2) is 47.6 Å². The van der Waals surface area contributed by atoms with Crippen molar-refractivity contribution in [2.24, 2.45) is 4.99 Å². The number of halogens is 1. The Labute approximate surface area is 212 Å². The van der Waals surface area contributed by atoms with Crippen LogP contribution in [0, 0.1) is 0 Å². The standard InChI is InChI=1S/C23H31N5O4.HI/c1-4-30-19-8-6-7-9-20(19)32-21-11-10-18(16-25-21)17-26-22(24-3)27-12-14-28(15-13-27)23(29)31-5-2;/h6-11,16H,4-5,12-15,17H2,1-3H3,(H,24,26);1H. The number of guanidine groups is 1. The first-order chi connectivity index (χ1) is 15.6. The zero-order chi connectivity index (χ0) is 22.8. The van der Waals surface area contributed by atoms with Crippen molar-refractivity contribution < 1.29 is 19.0 Å². The van der Waals surface area contributed by atoms with Gasteiger partial charge >= 0.3 is 6.09 Å². The highest BCUT2D eigenvalue weighted by molar-refractivity contribution is 14.0. The number of carbonyl (C=O) groups is 1. The second-order valence-corrected chi connectivity index (χ2v) is 7.06. The Bertz CT molecular complexity index is 902. The Morgan fingerprint density at radius 2 is 1.73 bits per heavy atom. The minimum absolute atomic E-state index is 0. The van der Waals surface area contributed by atoms with E-state index in [1.807, 2.05) is 50.2 Å². The average Bonchev–Trinajstić information content (AvgIpc) is 2.82. The van der Waals surface area contributed by atoms with Gasteiger partial charge < -0.3 is 29.3 Å². The molecule has 0 radical (unpaired) electrons. The number of piperazine rings is 1. The number of hydrogen-bond acceptors (Lipinski definition) is 6. The Morgan fingerprint density at radius 1 is 1.03 bits per heavy atom. The maximum atomic E-state index is 11.9. The van der Waals surface area contributed by atoms with Gasteiger partial charge in [0.25, 0.3) is 0 Å². The van der Waals surface area contributed by atoms with Gasteiger partial charge in [-0.25, -0.2) is 9.78 Å². The molecule has 0 unspecified atom stereocenters. The Hall–Kier alpha value is -2.76. The smallest absolute Gasteiger partial charge is 0.409 e. The third kappa shape index (κ3) is 7.65. The molecule has 1 aromatic heterocycles. The molecule has 1 N–H and O–H groups in total. The molecule has 2 heterocycles. The summed E-state index contributed by atoms with van der Waals surface area (Å²) in [5.74, 6) is 2.62.